The highest BCUT2D eigenvalue weighted by atomic mass is 19.1. The number of hydrogen-bond donors (Lipinski definition) is 1. The number of halogens is 2. The molecule has 0 fully saturated rings. The number of aliphatic hydroxyl groups excluding tert-OH is 1. The maximum atomic E-state index is 14.3. The van der Waals surface area contributed by atoms with E-state index in [4.69, 9.17) is 5.10 Å². The summed E-state index contributed by atoms with van der Waals surface area (Å²) in [4.78, 5) is 14.2. The summed E-state index contributed by atoms with van der Waals surface area (Å²) in [6, 6.07) is 11.4. The summed E-state index contributed by atoms with van der Waals surface area (Å²) in [5.41, 5.74) is 4.62. The molecule has 174 valence electrons. The van der Waals surface area contributed by atoms with Gasteiger partial charge in [0, 0.05) is 61.2 Å². The first kappa shape index (κ1) is 22.2. The van der Waals surface area contributed by atoms with Gasteiger partial charge in [-0.3, -0.25) is 9.48 Å². The molecule has 0 spiro atoms. The monoisotopic (exact) mass is 462 g/mol. The van der Waals surface area contributed by atoms with Crippen LogP contribution in [0.1, 0.15) is 47.2 Å². The van der Waals surface area contributed by atoms with Gasteiger partial charge in [0.1, 0.15) is 11.6 Å². The summed E-state index contributed by atoms with van der Waals surface area (Å²) in [5, 5.41) is 24.9. The number of fused-ring (bicyclic) bond motifs is 2. The molecule has 2 aromatic carbocycles. The van der Waals surface area contributed by atoms with Crippen molar-refractivity contribution in [1.29, 1.82) is 5.26 Å². The lowest BCUT2D eigenvalue weighted by Gasteiger charge is -2.28. The predicted octanol–water partition coefficient (Wildman–Crippen LogP) is 3.70. The Balaban J connectivity index is 1.58. The fourth-order valence-electron chi connectivity index (χ4n) is 5.18. The van der Waals surface area contributed by atoms with E-state index in [1.54, 1.807) is 23.1 Å². The molecule has 1 aliphatic carbocycles. The average Bonchev–Trinajstić information content (AvgIpc) is 3.36. The lowest BCUT2D eigenvalue weighted by molar-refractivity contribution is -0.131. The molecule has 1 aliphatic heterocycles. The van der Waals surface area contributed by atoms with Crippen LogP contribution in [0.15, 0.2) is 36.4 Å². The summed E-state index contributed by atoms with van der Waals surface area (Å²) < 4.78 is 30.1. The van der Waals surface area contributed by atoms with Gasteiger partial charge in [-0.05, 0) is 29.3 Å². The van der Waals surface area contributed by atoms with E-state index in [9.17, 15) is 23.9 Å². The molecule has 5 rings (SSSR count). The number of nitrogens with zero attached hydrogens (tertiary/aromatic N) is 4. The number of amides is 1. The Bertz CT molecular complexity index is 1330. The first-order valence-electron chi connectivity index (χ1n) is 11.4. The number of benzene rings is 2. The maximum Gasteiger partial charge on any atom is 0.222 e. The highest BCUT2D eigenvalue weighted by Gasteiger charge is 2.36. The van der Waals surface area contributed by atoms with Crippen LogP contribution in [0.5, 0.6) is 0 Å². The number of aromatic nitrogens is 2. The van der Waals surface area contributed by atoms with Crippen molar-refractivity contribution in [2.45, 2.75) is 51.3 Å². The van der Waals surface area contributed by atoms with Gasteiger partial charge in [0.15, 0.2) is 0 Å². The minimum atomic E-state index is -0.849. The van der Waals surface area contributed by atoms with Gasteiger partial charge in [-0.15, -0.1) is 0 Å². The first-order chi connectivity index (χ1) is 16.4. The summed E-state index contributed by atoms with van der Waals surface area (Å²) >= 11 is 0. The zero-order valence-corrected chi connectivity index (χ0v) is 18.8. The Kier molecular flexibility index (Phi) is 5.66. The molecule has 0 bridgehead atoms. The molecule has 3 aromatic rings. The smallest absolute Gasteiger partial charge is 0.222 e. The molecule has 1 aromatic heterocycles. The molecular formula is C26H24F2N4O2. The van der Waals surface area contributed by atoms with E-state index < -0.39 is 23.7 Å². The molecular weight excluding hydrogens is 438 g/mol. The second-order valence-corrected chi connectivity index (χ2v) is 8.90. The number of rotatable bonds is 4. The van der Waals surface area contributed by atoms with E-state index in [1.807, 2.05) is 17.7 Å². The third-order valence-corrected chi connectivity index (χ3v) is 6.90. The number of carbonyl (C=O) groups excluding carboxylic acids is 1. The Labute approximate surface area is 196 Å². The van der Waals surface area contributed by atoms with Crippen LogP contribution in [-0.4, -0.2) is 38.3 Å². The van der Waals surface area contributed by atoms with E-state index in [0.29, 0.717) is 48.3 Å². The van der Waals surface area contributed by atoms with Crippen molar-refractivity contribution in [2.24, 2.45) is 0 Å². The highest BCUT2D eigenvalue weighted by molar-refractivity contribution is 5.77. The molecule has 0 saturated heterocycles. The molecule has 0 unspecified atom stereocenters. The number of nitriles is 1. The molecule has 2 atom stereocenters. The molecule has 1 N–H and O–H groups in total. The van der Waals surface area contributed by atoms with Crippen molar-refractivity contribution >= 4 is 5.91 Å². The van der Waals surface area contributed by atoms with Crippen LogP contribution in [0.2, 0.25) is 0 Å². The normalized spacial score (nSPS) is 19.0. The molecule has 2 aliphatic rings. The molecule has 34 heavy (non-hydrogen) atoms. The number of aliphatic hydroxyl groups is 1. The van der Waals surface area contributed by atoms with Gasteiger partial charge in [-0.2, -0.15) is 10.4 Å². The van der Waals surface area contributed by atoms with Gasteiger partial charge in [0.25, 0.3) is 0 Å². The van der Waals surface area contributed by atoms with Gasteiger partial charge in [0.2, 0.25) is 5.91 Å². The first-order valence-corrected chi connectivity index (χ1v) is 11.4. The zero-order chi connectivity index (χ0) is 24.0. The second-order valence-electron chi connectivity index (χ2n) is 8.90. The Morgan fingerprint density at radius 1 is 1.26 bits per heavy atom. The van der Waals surface area contributed by atoms with E-state index in [2.05, 4.69) is 6.07 Å². The Morgan fingerprint density at radius 3 is 2.85 bits per heavy atom. The van der Waals surface area contributed by atoms with Crippen molar-refractivity contribution < 1.29 is 18.7 Å². The summed E-state index contributed by atoms with van der Waals surface area (Å²) in [5.74, 6) is -1.75. The average molecular weight is 463 g/mol. The third-order valence-electron chi connectivity index (χ3n) is 6.90. The van der Waals surface area contributed by atoms with Gasteiger partial charge >= 0.3 is 0 Å². The standard InChI is InChI=1S/C26H24F2N4O2/c1-2-25(34)31-7-6-23-21(13-31)26(16-5-3-4-15(8-16)12-29)30-32(23)14-20-18-9-17(27)10-22(28)19(18)11-24(20)33/h3-5,8-10,20,24,33H,2,6-7,11,13-14H2,1H3/t20-,24+/m0/s1. The predicted molar refractivity (Wildman–Crippen MR) is 121 cm³/mol. The van der Waals surface area contributed by atoms with Crippen LogP contribution < -0.4 is 0 Å². The van der Waals surface area contributed by atoms with Crippen LogP contribution in [0.4, 0.5) is 8.78 Å². The maximum absolute atomic E-state index is 14.3. The lowest BCUT2D eigenvalue weighted by Crippen LogP contribution is -2.36. The zero-order valence-electron chi connectivity index (χ0n) is 18.8. The molecule has 6 nitrogen and oxygen atoms in total. The summed E-state index contributed by atoms with van der Waals surface area (Å²) in [6.45, 7) is 3.05. The highest BCUT2D eigenvalue weighted by Crippen LogP contribution is 2.38. The molecule has 0 radical (unpaired) electrons. The van der Waals surface area contributed by atoms with Crippen molar-refractivity contribution in [3.63, 3.8) is 0 Å². The van der Waals surface area contributed by atoms with Crippen LogP contribution in [0.3, 0.4) is 0 Å². The van der Waals surface area contributed by atoms with Gasteiger partial charge in [-0.25, -0.2) is 8.78 Å². The fourth-order valence-corrected chi connectivity index (χ4v) is 5.18. The molecule has 1 amide bonds. The van der Waals surface area contributed by atoms with Crippen molar-refractivity contribution in [1.82, 2.24) is 14.7 Å². The van der Waals surface area contributed by atoms with E-state index in [0.717, 1.165) is 22.9 Å². The Morgan fingerprint density at radius 2 is 2.09 bits per heavy atom. The minimum Gasteiger partial charge on any atom is -0.392 e. The van der Waals surface area contributed by atoms with E-state index in [-0.39, 0.29) is 18.9 Å². The largest absolute Gasteiger partial charge is 0.392 e. The van der Waals surface area contributed by atoms with Crippen LogP contribution in [0, 0.1) is 23.0 Å². The van der Waals surface area contributed by atoms with Crippen LogP contribution in [-0.2, 0) is 30.7 Å². The van der Waals surface area contributed by atoms with Gasteiger partial charge in [0.05, 0.1) is 30.0 Å². The van der Waals surface area contributed by atoms with Gasteiger partial charge in [-0.1, -0.05) is 19.1 Å². The van der Waals surface area contributed by atoms with E-state index in [1.165, 1.54) is 6.07 Å². The fraction of sp³-hybridized carbons (Fsp3) is 0.346. The minimum absolute atomic E-state index is 0.0567. The second kappa shape index (κ2) is 8.65. The SMILES string of the molecule is CCC(=O)N1CCc2c(c(-c3cccc(C#N)c3)nn2C[C@H]2c3cc(F)cc(F)c3C[C@H]2O)C1. The van der Waals surface area contributed by atoms with Gasteiger partial charge < -0.3 is 10.0 Å². The lowest BCUT2D eigenvalue weighted by atomic mass is 9.98. The molecule has 8 heteroatoms. The topological polar surface area (TPSA) is 82.2 Å². The molecule has 0 saturated carbocycles. The van der Waals surface area contributed by atoms with Crippen molar-refractivity contribution in [2.75, 3.05) is 6.54 Å². The Hall–Kier alpha value is -3.57. The summed E-state index contributed by atoms with van der Waals surface area (Å²) in [6.07, 6.45) is 0.272. The quantitative estimate of drug-likeness (QED) is 0.641. The molecule has 2 heterocycles. The number of carbonyl (C=O) groups is 1. The van der Waals surface area contributed by atoms with E-state index >= 15 is 0 Å². The van der Waals surface area contributed by atoms with Crippen molar-refractivity contribution in [3.05, 3.63) is 76.0 Å². The third kappa shape index (κ3) is 3.76. The van der Waals surface area contributed by atoms with Crippen LogP contribution in [0.25, 0.3) is 11.3 Å². The summed E-state index contributed by atoms with van der Waals surface area (Å²) in [7, 11) is 0. The van der Waals surface area contributed by atoms with Crippen LogP contribution >= 0.6 is 0 Å². The number of hydrogen-bond acceptors (Lipinski definition) is 4. The van der Waals surface area contributed by atoms with Crippen molar-refractivity contribution in [3.8, 4) is 17.3 Å².